The number of aromatic amines is 1. The van der Waals surface area contributed by atoms with Crippen molar-refractivity contribution >= 4 is 16.8 Å². The molecule has 1 fully saturated rings. The van der Waals surface area contributed by atoms with Crippen molar-refractivity contribution in [2.75, 3.05) is 13.1 Å². The van der Waals surface area contributed by atoms with Gasteiger partial charge in [0.15, 0.2) is 0 Å². The Balaban J connectivity index is 1.84. The van der Waals surface area contributed by atoms with E-state index in [1.807, 2.05) is 0 Å². The summed E-state index contributed by atoms with van der Waals surface area (Å²) in [6.07, 6.45) is 3.98. The van der Waals surface area contributed by atoms with Gasteiger partial charge in [0.05, 0.1) is 6.42 Å². The number of amides is 1. The summed E-state index contributed by atoms with van der Waals surface area (Å²) in [4.78, 5) is 18.3. The molecule has 1 N–H and O–H groups in total. The zero-order chi connectivity index (χ0) is 14.4. The van der Waals surface area contributed by atoms with Crippen molar-refractivity contribution in [3.05, 3.63) is 35.5 Å². The van der Waals surface area contributed by atoms with Crippen molar-refractivity contribution in [3.8, 4) is 0 Å². The third-order valence-corrected chi connectivity index (χ3v) is 5.46. The predicted octanol–water partition coefficient (Wildman–Crippen LogP) is 3.14. The second-order valence-electron chi connectivity index (χ2n) is 6.57. The van der Waals surface area contributed by atoms with Crippen molar-refractivity contribution < 1.29 is 4.79 Å². The molecule has 2 aromatic rings. The number of rotatable bonds is 1. The van der Waals surface area contributed by atoms with E-state index >= 15 is 0 Å². The van der Waals surface area contributed by atoms with Crippen LogP contribution in [0.25, 0.3) is 10.9 Å². The third kappa shape index (κ3) is 2.06. The predicted molar refractivity (Wildman–Crippen MR) is 84.2 cm³/mol. The van der Waals surface area contributed by atoms with Gasteiger partial charge in [-0.15, -0.1) is 0 Å². The Morgan fingerprint density at radius 3 is 3.05 bits per heavy atom. The second kappa shape index (κ2) is 4.90. The third-order valence-electron chi connectivity index (χ3n) is 5.46. The minimum Gasteiger partial charge on any atom is -0.358 e. The lowest BCUT2D eigenvalue weighted by Crippen LogP contribution is -2.43. The van der Waals surface area contributed by atoms with Crippen LogP contribution < -0.4 is 0 Å². The van der Waals surface area contributed by atoms with Crippen LogP contribution >= 0.6 is 0 Å². The molecule has 4 heterocycles. The maximum absolute atomic E-state index is 12.7. The molecule has 1 aromatic heterocycles. The molecule has 3 heteroatoms. The molecule has 2 bridgehead atoms. The summed E-state index contributed by atoms with van der Waals surface area (Å²) in [6.45, 7) is 4.17. The first-order valence-corrected chi connectivity index (χ1v) is 8.12. The minimum atomic E-state index is 0.305. The molecule has 110 valence electrons. The summed E-state index contributed by atoms with van der Waals surface area (Å²) in [5, 5.41) is 1.23. The maximum Gasteiger partial charge on any atom is 0.227 e. The molecule has 21 heavy (non-hydrogen) atoms. The molecule has 3 nitrogen and oxygen atoms in total. The number of nitrogens with zero attached hydrogens (tertiary/aromatic N) is 1. The van der Waals surface area contributed by atoms with Gasteiger partial charge in [0, 0.05) is 29.7 Å². The van der Waals surface area contributed by atoms with Crippen molar-refractivity contribution in [2.24, 2.45) is 11.8 Å². The van der Waals surface area contributed by atoms with Gasteiger partial charge in [-0.05, 0) is 36.3 Å². The molecule has 3 aliphatic rings. The number of H-pyrrole nitrogens is 1. The Labute approximate surface area is 125 Å². The Bertz CT molecular complexity index is 688. The zero-order valence-electron chi connectivity index (χ0n) is 12.6. The number of nitrogens with one attached hydrogen (secondary N) is 1. The number of para-hydroxylation sites is 1. The molecule has 3 aliphatic heterocycles. The molecule has 1 saturated heterocycles. The lowest BCUT2D eigenvalue weighted by molar-refractivity contribution is -0.132. The highest BCUT2D eigenvalue weighted by Gasteiger charge is 2.33. The number of hydrogen-bond donors (Lipinski definition) is 1. The average molecular weight is 282 g/mol. The van der Waals surface area contributed by atoms with E-state index in [4.69, 9.17) is 0 Å². The van der Waals surface area contributed by atoms with E-state index in [0.29, 0.717) is 24.2 Å². The maximum atomic E-state index is 12.7. The highest BCUT2D eigenvalue weighted by atomic mass is 16.2. The molecular weight excluding hydrogens is 260 g/mol. The van der Waals surface area contributed by atoms with E-state index in [0.717, 1.165) is 25.9 Å². The van der Waals surface area contributed by atoms with Crippen LogP contribution in [0.15, 0.2) is 24.3 Å². The minimum absolute atomic E-state index is 0.305. The van der Waals surface area contributed by atoms with Gasteiger partial charge in [-0.3, -0.25) is 4.79 Å². The molecule has 0 spiro atoms. The highest BCUT2D eigenvalue weighted by Crippen LogP contribution is 2.34. The fraction of sp³-hybridized carbons (Fsp3) is 0.500. The molecule has 2 atom stereocenters. The quantitative estimate of drug-likeness (QED) is 0.857. The normalized spacial score (nSPS) is 25.6. The molecule has 0 aliphatic carbocycles. The largest absolute Gasteiger partial charge is 0.358 e. The molecule has 5 rings (SSSR count). The van der Waals surface area contributed by atoms with E-state index in [2.05, 4.69) is 41.1 Å². The van der Waals surface area contributed by atoms with Crippen LogP contribution in [-0.2, 0) is 17.6 Å². The van der Waals surface area contributed by atoms with Gasteiger partial charge in [0.1, 0.15) is 0 Å². The van der Waals surface area contributed by atoms with Gasteiger partial charge >= 0.3 is 0 Å². The van der Waals surface area contributed by atoms with Crippen molar-refractivity contribution in [3.63, 3.8) is 0 Å². The van der Waals surface area contributed by atoms with Crippen molar-refractivity contribution in [2.45, 2.75) is 32.6 Å². The summed E-state index contributed by atoms with van der Waals surface area (Å²) in [7, 11) is 0. The van der Waals surface area contributed by atoms with E-state index in [-0.39, 0.29) is 0 Å². The monoisotopic (exact) mass is 282 g/mol. The Morgan fingerprint density at radius 2 is 2.19 bits per heavy atom. The summed E-state index contributed by atoms with van der Waals surface area (Å²) < 4.78 is 0. The first-order chi connectivity index (χ1) is 10.3. The Hall–Kier alpha value is -1.77. The van der Waals surface area contributed by atoms with Gasteiger partial charge < -0.3 is 9.88 Å². The molecule has 0 saturated carbocycles. The summed E-state index contributed by atoms with van der Waals surface area (Å²) in [5.41, 5.74) is 3.72. The molecule has 0 radical (unpaired) electrons. The van der Waals surface area contributed by atoms with Gasteiger partial charge in [0.2, 0.25) is 5.91 Å². The lowest BCUT2D eigenvalue weighted by atomic mass is 9.81. The molecule has 1 aromatic carbocycles. The number of carbonyl (C=O) groups excluding carboxylic acids is 1. The SMILES string of the molecule is CC[C@H]1CN2CC[C@H]1Cc1[nH]c3ccccc3c1CC2=O. The smallest absolute Gasteiger partial charge is 0.227 e. The number of aromatic nitrogens is 1. The average Bonchev–Trinajstić information content (AvgIpc) is 2.88. The molecule has 0 unspecified atom stereocenters. The van der Waals surface area contributed by atoms with Crippen molar-refractivity contribution in [1.82, 2.24) is 9.88 Å². The van der Waals surface area contributed by atoms with E-state index in [1.54, 1.807) is 0 Å². The van der Waals surface area contributed by atoms with Crippen LogP contribution in [0.2, 0.25) is 0 Å². The zero-order valence-corrected chi connectivity index (χ0v) is 12.6. The van der Waals surface area contributed by atoms with Crippen LogP contribution in [-0.4, -0.2) is 28.9 Å². The van der Waals surface area contributed by atoms with Gasteiger partial charge in [0.25, 0.3) is 0 Å². The number of benzene rings is 1. The number of fused-ring (bicyclic) bond motifs is 4. The van der Waals surface area contributed by atoms with Crippen molar-refractivity contribution in [1.29, 1.82) is 0 Å². The summed E-state index contributed by atoms with van der Waals surface area (Å²) in [6, 6.07) is 8.39. The van der Waals surface area contributed by atoms with Crippen LogP contribution in [0.1, 0.15) is 31.0 Å². The number of hydrogen-bond acceptors (Lipinski definition) is 1. The summed E-state index contributed by atoms with van der Waals surface area (Å²) in [5.74, 6) is 1.67. The van der Waals surface area contributed by atoms with E-state index in [1.165, 1.54) is 28.6 Å². The second-order valence-corrected chi connectivity index (χ2v) is 6.57. The van der Waals surface area contributed by atoms with Gasteiger partial charge in [-0.2, -0.15) is 0 Å². The van der Waals surface area contributed by atoms with Gasteiger partial charge in [-0.1, -0.05) is 31.5 Å². The first kappa shape index (κ1) is 12.9. The van der Waals surface area contributed by atoms with E-state index < -0.39 is 0 Å². The van der Waals surface area contributed by atoms with Crippen LogP contribution in [0.3, 0.4) is 0 Å². The van der Waals surface area contributed by atoms with Crippen LogP contribution in [0, 0.1) is 11.8 Å². The fourth-order valence-electron chi connectivity index (χ4n) is 4.20. The lowest BCUT2D eigenvalue weighted by Gasteiger charge is -2.37. The molecule has 1 amide bonds. The first-order valence-electron chi connectivity index (χ1n) is 8.12. The number of piperidine rings is 1. The van der Waals surface area contributed by atoms with E-state index in [9.17, 15) is 4.79 Å². The topological polar surface area (TPSA) is 36.1 Å². The Kier molecular flexibility index (Phi) is 3.02. The Morgan fingerprint density at radius 1 is 1.33 bits per heavy atom. The fourth-order valence-corrected chi connectivity index (χ4v) is 4.20. The molecular formula is C18H22N2O. The van der Waals surface area contributed by atoms with Gasteiger partial charge in [-0.25, -0.2) is 0 Å². The highest BCUT2D eigenvalue weighted by molar-refractivity contribution is 5.90. The summed E-state index contributed by atoms with van der Waals surface area (Å²) >= 11 is 0. The standard InChI is InChI=1S/C18H22N2O/c1-2-12-11-20-8-7-13(12)9-17-15(10-18(20)21)14-5-3-4-6-16(14)19-17/h3-6,12-13,19H,2,7-11H2,1H3/t12-,13-/m0/s1. The number of carbonyl (C=O) groups is 1. The van der Waals surface area contributed by atoms with Crippen LogP contribution in [0.4, 0.5) is 0 Å². The van der Waals surface area contributed by atoms with Crippen LogP contribution in [0.5, 0.6) is 0 Å².